The third kappa shape index (κ3) is 4.26. The van der Waals surface area contributed by atoms with E-state index in [1.165, 1.54) is 5.56 Å². The molecule has 0 bridgehead atoms. The van der Waals surface area contributed by atoms with Crippen LogP contribution in [0.3, 0.4) is 0 Å². The Bertz CT molecular complexity index is 623. The second-order valence-electron chi connectivity index (χ2n) is 7.63. The quantitative estimate of drug-likeness (QED) is 0.795. The summed E-state index contributed by atoms with van der Waals surface area (Å²) in [6.45, 7) is 4.22. The number of benzene rings is 1. The highest BCUT2D eigenvalue weighted by Crippen LogP contribution is 2.36. The van der Waals surface area contributed by atoms with Gasteiger partial charge in [-0.25, -0.2) is 0 Å². The van der Waals surface area contributed by atoms with Gasteiger partial charge in [-0.3, -0.25) is 9.59 Å². The molecule has 5 nitrogen and oxygen atoms in total. The van der Waals surface area contributed by atoms with Crippen LogP contribution >= 0.6 is 0 Å². The maximum absolute atomic E-state index is 12.9. The summed E-state index contributed by atoms with van der Waals surface area (Å²) in [6, 6.07) is 8.35. The molecule has 2 unspecified atom stereocenters. The maximum atomic E-state index is 12.9. The Morgan fingerprint density at radius 2 is 1.85 bits per heavy atom. The summed E-state index contributed by atoms with van der Waals surface area (Å²) in [7, 11) is 1.62. The first-order valence-electron chi connectivity index (χ1n) is 9.72. The molecule has 5 heteroatoms. The van der Waals surface area contributed by atoms with E-state index in [9.17, 15) is 9.59 Å². The third-order valence-corrected chi connectivity index (χ3v) is 5.78. The summed E-state index contributed by atoms with van der Waals surface area (Å²) in [6.07, 6.45) is 4.28. The second kappa shape index (κ2) is 8.67. The lowest BCUT2D eigenvalue weighted by atomic mass is 9.88. The number of ether oxygens (including phenoxy) is 1. The zero-order chi connectivity index (χ0) is 18.5. The van der Waals surface area contributed by atoms with E-state index in [-0.39, 0.29) is 29.6 Å². The van der Waals surface area contributed by atoms with Gasteiger partial charge >= 0.3 is 0 Å². The summed E-state index contributed by atoms with van der Waals surface area (Å²) in [5.74, 6) is 0.286. The number of nitrogens with zero attached hydrogens (tertiary/aromatic N) is 1. The molecule has 1 aromatic carbocycles. The van der Waals surface area contributed by atoms with Crippen molar-refractivity contribution in [2.75, 3.05) is 33.4 Å². The van der Waals surface area contributed by atoms with Gasteiger partial charge < -0.3 is 15.0 Å². The van der Waals surface area contributed by atoms with Crippen LogP contribution in [0.15, 0.2) is 24.3 Å². The summed E-state index contributed by atoms with van der Waals surface area (Å²) >= 11 is 0. The van der Waals surface area contributed by atoms with E-state index in [0.717, 1.165) is 31.2 Å². The van der Waals surface area contributed by atoms with Crippen LogP contribution in [0.4, 0.5) is 0 Å². The monoisotopic (exact) mass is 358 g/mol. The molecule has 2 amide bonds. The number of rotatable bonds is 6. The van der Waals surface area contributed by atoms with Crippen LogP contribution in [0.1, 0.15) is 42.7 Å². The Morgan fingerprint density at radius 3 is 2.50 bits per heavy atom. The van der Waals surface area contributed by atoms with E-state index < -0.39 is 0 Å². The zero-order valence-electron chi connectivity index (χ0n) is 15.9. The number of methoxy groups -OCH3 is 1. The van der Waals surface area contributed by atoms with Crippen molar-refractivity contribution < 1.29 is 14.3 Å². The Labute approximate surface area is 156 Å². The number of amides is 2. The average molecular weight is 358 g/mol. The second-order valence-corrected chi connectivity index (χ2v) is 7.63. The van der Waals surface area contributed by atoms with Gasteiger partial charge in [0.05, 0.1) is 12.5 Å². The Kier molecular flexibility index (Phi) is 6.30. The number of carbonyl (C=O) groups is 2. The standard InChI is InChI=1S/C21H30N2O3/c1-15-7-9-16(10-8-15)18-13-23(21(25)17-5-3-4-6-17)14-19(18)20(24)22-11-12-26-2/h7-10,17-19H,3-6,11-14H2,1-2H3,(H,22,24). The largest absolute Gasteiger partial charge is 0.383 e. The van der Waals surface area contributed by atoms with Crippen molar-refractivity contribution in [3.63, 3.8) is 0 Å². The zero-order valence-corrected chi connectivity index (χ0v) is 15.9. The first-order valence-corrected chi connectivity index (χ1v) is 9.72. The van der Waals surface area contributed by atoms with Gasteiger partial charge in [0.15, 0.2) is 0 Å². The summed E-state index contributed by atoms with van der Waals surface area (Å²) in [5, 5.41) is 2.96. The van der Waals surface area contributed by atoms with Crippen molar-refractivity contribution >= 4 is 11.8 Å². The molecule has 2 atom stereocenters. The van der Waals surface area contributed by atoms with Crippen LogP contribution in [0.25, 0.3) is 0 Å². The molecule has 26 heavy (non-hydrogen) atoms. The van der Waals surface area contributed by atoms with Crippen molar-refractivity contribution in [2.45, 2.75) is 38.5 Å². The van der Waals surface area contributed by atoms with Gasteiger partial charge in [-0.05, 0) is 25.3 Å². The van der Waals surface area contributed by atoms with Crippen molar-refractivity contribution in [1.82, 2.24) is 10.2 Å². The minimum atomic E-state index is -0.195. The summed E-state index contributed by atoms with van der Waals surface area (Å²) in [4.78, 5) is 27.6. The molecule has 1 saturated heterocycles. The molecule has 0 radical (unpaired) electrons. The Hall–Kier alpha value is -1.88. The van der Waals surface area contributed by atoms with Gasteiger partial charge in [-0.15, -0.1) is 0 Å². The number of hydrogen-bond acceptors (Lipinski definition) is 3. The lowest BCUT2D eigenvalue weighted by molar-refractivity contribution is -0.134. The normalized spacial score (nSPS) is 23.4. The average Bonchev–Trinajstić information content (AvgIpc) is 3.32. The van der Waals surface area contributed by atoms with Crippen molar-refractivity contribution in [1.29, 1.82) is 0 Å². The predicted octanol–water partition coefficient (Wildman–Crippen LogP) is 2.49. The van der Waals surface area contributed by atoms with Gasteiger partial charge in [0.25, 0.3) is 0 Å². The van der Waals surface area contributed by atoms with E-state index in [4.69, 9.17) is 4.74 Å². The molecule has 1 aliphatic heterocycles. The minimum absolute atomic E-state index is 0.0225. The highest BCUT2D eigenvalue weighted by molar-refractivity contribution is 5.84. The molecule has 1 saturated carbocycles. The van der Waals surface area contributed by atoms with Gasteiger partial charge in [0, 0.05) is 38.6 Å². The fraction of sp³-hybridized carbons (Fsp3) is 0.619. The van der Waals surface area contributed by atoms with Crippen LogP contribution in [0.5, 0.6) is 0 Å². The Morgan fingerprint density at radius 1 is 1.15 bits per heavy atom. The van der Waals surface area contributed by atoms with Crippen LogP contribution in [0, 0.1) is 18.8 Å². The van der Waals surface area contributed by atoms with E-state index >= 15 is 0 Å². The van der Waals surface area contributed by atoms with Gasteiger partial charge in [-0.2, -0.15) is 0 Å². The molecular formula is C21H30N2O3. The third-order valence-electron chi connectivity index (χ3n) is 5.78. The first-order chi connectivity index (χ1) is 12.6. The fourth-order valence-corrected chi connectivity index (χ4v) is 4.24. The molecule has 1 aliphatic carbocycles. The van der Waals surface area contributed by atoms with E-state index in [1.54, 1.807) is 7.11 Å². The SMILES string of the molecule is COCCNC(=O)C1CN(C(=O)C2CCCC2)CC1c1ccc(C)cc1. The molecule has 3 rings (SSSR count). The van der Waals surface area contributed by atoms with Crippen molar-refractivity contribution in [2.24, 2.45) is 11.8 Å². The van der Waals surface area contributed by atoms with Crippen LogP contribution in [-0.2, 0) is 14.3 Å². The van der Waals surface area contributed by atoms with E-state index in [2.05, 4.69) is 36.5 Å². The van der Waals surface area contributed by atoms with Crippen LogP contribution in [0.2, 0.25) is 0 Å². The van der Waals surface area contributed by atoms with Crippen LogP contribution < -0.4 is 5.32 Å². The fourth-order valence-electron chi connectivity index (χ4n) is 4.24. The number of aryl methyl sites for hydroxylation is 1. The smallest absolute Gasteiger partial charge is 0.225 e. The molecule has 1 heterocycles. The topological polar surface area (TPSA) is 58.6 Å². The molecule has 142 valence electrons. The molecule has 2 aliphatic rings. The molecule has 0 spiro atoms. The predicted molar refractivity (Wildman–Crippen MR) is 101 cm³/mol. The maximum Gasteiger partial charge on any atom is 0.225 e. The van der Waals surface area contributed by atoms with Gasteiger partial charge in [0.1, 0.15) is 0 Å². The summed E-state index contributed by atoms with van der Waals surface area (Å²) < 4.78 is 5.03. The summed E-state index contributed by atoms with van der Waals surface area (Å²) in [5.41, 5.74) is 2.34. The van der Waals surface area contributed by atoms with Gasteiger partial charge in [0.2, 0.25) is 11.8 Å². The molecular weight excluding hydrogens is 328 g/mol. The highest BCUT2D eigenvalue weighted by Gasteiger charge is 2.42. The highest BCUT2D eigenvalue weighted by atomic mass is 16.5. The lowest BCUT2D eigenvalue weighted by Crippen LogP contribution is -2.38. The number of hydrogen-bond donors (Lipinski definition) is 1. The number of nitrogens with one attached hydrogen (secondary N) is 1. The van der Waals surface area contributed by atoms with Crippen molar-refractivity contribution in [3.05, 3.63) is 35.4 Å². The lowest BCUT2D eigenvalue weighted by Gasteiger charge is -2.20. The van der Waals surface area contributed by atoms with E-state index in [0.29, 0.717) is 26.2 Å². The molecule has 0 aromatic heterocycles. The Balaban J connectivity index is 1.74. The van der Waals surface area contributed by atoms with Gasteiger partial charge in [-0.1, -0.05) is 42.7 Å². The van der Waals surface area contributed by atoms with E-state index in [1.807, 2.05) is 4.90 Å². The minimum Gasteiger partial charge on any atom is -0.383 e. The number of likely N-dealkylation sites (tertiary alicyclic amines) is 1. The first kappa shape index (κ1) is 18.9. The van der Waals surface area contributed by atoms with Crippen molar-refractivity contribution in [3.8, 4) is 0 Å². The molecule has 2 fully saturated rings. The molecule has 1 aromatic rings. The number of carbonyl (C=O) groups excluding carboxylic acids is 2. The van der Waals surface area contributed by atoms with Crippen LogP contribution in [-0.4, -0.2) is 50.1 Å². The molecule has 1 N–H and O–H groups in total.